The lowest BCUT2D eigenvalue weighted by atomic mass is 10.1. The van der Waals surface area contributed by atoms with E-state index in [0.717, 1.165) is 31.6 Å². The summed E-state index contributed by atoms with van der Waals surface area (Å²) in [5, 5.41) is 9.73. The van der Waals surface area contributed by atoms with E-state index in [9.17, 15) is 4.79 Å². The van der Waals surface area contributed by atoms with Crippen molar-refractivity contribution in [1.29, 1.82) is 0 Å². The van der Waals surface area contributed by atoms with E-state index in [-0.39, 0.29) is 18.6 Å². The number of piperidine rings is 1. The summed E-state index contributed by atoms with van der Waals surface area (Å²) < 4.78 is 1.78. The lowest BCUT2D eigenvalue weighted by Crippen LogP contribution is -2.50. The Hall–Kier alpha value is -2.16. The maximum Gasteiger partial charge on any atom is 0.315 e. The van der Waals surface area contributed by atoms with Gasteiger partial charge in [0.2, 0.25) is 0 Å². The Bertz CT molecular complexity index is 476. The van der Waals surface area contributed by atoms with Gasteiger partial charge in [-0.2, -0.15) is 5.10 Å². The van der Waals surface area contributed by atoms with E-state index < -0.39 is 0 Å². The fourth-order valence-electron chi connectivity index (χ4n) is 2.27. The Morgan fingerprint density at radius 1 is 1.68 bits per heavy atom. The molecule has 0 saturated carbocycles. The molecule has 0 spiro atoms. The number of aryl methyl sites for hydroxylation is 1. The topological polar surface area (TPSA) is 62.2 Å². The SMILES string of the molecule is C#CCNC(=O)N[C@H]1CCCN(c2cnn(C)c2)C1. The standard InChI is InChI=1S/C13H19N5O/c1-3-6-14-13(19)16-11-5-4-7-18(9-11)12-8-15-17(2)10-12/h1,8,10-11H,4-7,9H2,2H3,(H2,14,16,19)/t11-/m0/s1. The number of aromatic nitrogens is 2. The molecule has 0 aliphatic carbocycles. The smallest absolute Gasteiger partial charge is 0.315 e. The molecule has 1 aliphatic heterocycles. The van der Waals surface area contributed by atoms with E-state index in [1.807, 2.05) is 19.4 Å². The van der Waals surface area contributed by atoms with Gasteiger partial charge < -0.3 is 15.5 Å². The normalized spacial score (nSPS) is 18.7. The van der Waals surface area contributed by atoms with Gasteiger partial charge in [-0.05, 0) is 12.8 Å². The molecular weight excluding hydrogens is 242 g/mol. The van der Waals surface area contributed by atoms with Crippen molar-refractivity contribution >= 4 is 11.7 Å². The Balaban J connectivity index is 1.87. The zero-order chi connectivity index (χ0) is 13.7. The molecule has 1 aliphatic rings. The molecule has 0 bridgehead atoms. The fraction of sp³-hybridized carbons (Fsp3) is 0.538. The van der Waals surface area contributed by atoms with Crippen LogP contribution in [-0.2, 0) is 7.05 Å². The van der Waals surface area contributed by atoms with Crippen molar-refractivity contribution in [1.82, 2.24) is 20.4 Å². The summed E-state index contributed by atoms with van der Waals surface area (Å²) >= 11 is 0. The molecule has 1 fully saturated rings. The Labute approximate surface area is 113 Å². The zero-order valence-electron chi connectivity index (χ0n) is 11.1. The number of hydrogen-bond acceptors (Lipinski definition) is 3. The van der Waals surface area contributed by atoms with E-state index in [2.05, 4.69) is 26.6 Å². The first kappa shape index (κ1) is 13.3. The predicted molar refractivity (Wildman–Crippen MR) is 73.8 cm³/mol. The average Bonchev–Trinajstić information content (AvgIpc) is 2.83. The number of nitrogens with zero attached hydrogens (tertiary/aromatic N) is 3. The second-order valence-corrected chi connectivity index (χ2v) is 4.69. The maximum atomic E-state index is 11.6. The first-order chi connectivity index (χ1) is 9.19. The summed E-state index contributed by atoms with van der Waals surface area (Å²) in [6, 6.07) is -0.0530. The Morgan fingerprint density at radius 2 is 2.53 bits per heavy atom. The molecule has 6 heteroatoms. The summed E-state index contributed by atoms with van der Waals surface area (Å²) in [5.41, 5.74) is 1.10. The lowest BCUT2D eigenvalue weighted by Gasteiger charge is -2.33. The van der Waals surface area contributed by atoms with Crippen LogP contribution < -0.4 is 15.5 Å². The molecule has 0 aromatic carbocycles. The molecule has 1 atom stereocenters. The van der Waals surface area contributed by atoms with Gasteiger partial charge in [-0.1, -0.05) is 5.92 Å². The highest BCUT2D eigenvalue weighted by Gasteiger charge is 2.22. The highest BCUT2D eigenvalue weighted by molar-refractivity contribution is 5.74. The van der Waals surface area contributed by atoms with Gasteiger partial charge in [0.25, 0.3) is 0 Å². The van der Waals surface area contributed by atoms with Crippen LogP contribution in [0.4, 0.5) is 10.5 Å². The molecule has 1 saturated heterocycles. The third-order valence-corrected chi connectivity index (χ3v) is 3.16. The van der Waals surface area contributed by atoms with E-state index in [1.165, 1.54) is 0 Å². The van der Waals surface area contributed by atoms with Crippen LogP contribution in [-0.4, -0.2) is 41.5 Å². The number of carbonyl (C=O) groups excluding carboxylic acids is 1. The molecular formula is C13H19N5O. The van der Waals surface area contributed by atoms with Crippen LogP contribution >= 0.6 is 0 Å². The van der Waals surface area contributed by atoms with Gasteiger partial charge >= 0.3 is 6.03 Å². The van der Waals surface area contributed by atoms with Crippen LogP contribution in [0.15, 0.2) is 12.4 Å². The van der Waals surface area contributed by atoms with Crippen molar-refractivity contribution in [3.63, 3.8) is 0 Å². The van der Waals surface area contributed by atoms with Crippen molar-refractivity contribution in [3.05, 3.63) is 12.4 Å². The van der Waals surface area contributed by atoms with Crippen LogP contribution in [0.2, 0.25) is 0 Å². The van der Waals surface area contributed by atoms with Crippen molar-refractivity contribution in [2.45, 2.75) is 18.9 Å². The quantitative estimate of drug-likeness (QED) is 0.770. The molecule has 0 radical (unpaired) electrons. The van der Waals surface area contributed by atoms with Crippen molar-refractivity contribution in [3.8, 4) is 12.3 Å². The first-order valence-electron chi connectivity index (χ1n) is 6.40. The van der Waals surface area contributed by atoms with Crippen LogP contribution in [0.1, 0.15) is 12.8 Å². The Kier molecular flexibility index (Phi) is 4.29. The largest absolute Gasteiger partial charge is 0.367 e. The summed E-state index contributed by atoms with van der Waals surface area (Å²) in [5.74, 6) is 2.38. The van der Waals surface area contributed by atoms with E-state index >= 15 is 0 Å². The predicted octanol–water partition coefficient (Wildman–Crippen LogP) is 0.321. The average molecular weight is 261 g/mol. The van der Waals surface area contributed by atoms with Gasteiger partial charge in [-0.25, -0.2) is 4.79 Å². The molecule has 0 unspecified atom stereocenters. The summed E-state index contributed by atoms with van der Waals surface area (Å²) in [6.07, 6.45) is 11.0. The van der Waals surface area contributed by atoms with Crippen LogP contribution in [0.25, 0.3) is 0 Å². The van der Waals surface area contributed by atoms with E-state index in [1.54, 1.807) is 4.68 Å². The number of rotatable bonds is 3. The molecule has 102 valence electrons. The number of carbonyl (C=O) groups is 1. The number of amides is 2. The third kappa shape index (κ3) is 3.65. The van der Waals surface area contributed by atoms with Crippen LogP contribution in [0, 0.1) is 12.3 Å². The minimum absolute atomic E-state index is 0.145. The van der Waals surface area contributed by atoms with Gasteiger partial charge in [0.1, 0.15) is 0 Å². The van der Waals surface area contributed by atoms with Crippen LogP contribution in [0.3, 0.4) is 0 Å². The monoisotopic (exact) mass is 261 g/mol. The number of terminal acetylenes is 1. The van der Waals surface area contributed by atoms with Crippen molar-refractivity contribution < 1.29 is 4.79 Å². The fourth-order valence-corrected chi connectivity index (χ4v) is 2.27. The van der Waals surface area contributed by atoms with E-state index in [4.69, 9.17) is 6.42 Å². The zero-order valence-corrected chi connectivity index (χ0v) is 11.1. The van der Waals surface area contributed by atoms with Gasteiger partial charge in [-0.15, -0.1) is 6.42 Å². The minimum atomic E-state index is -0.198. The summed E-state index contributed by atoms with van der Waals surface area (Å²) in [7, 11) is 1.90. The second kappa shape index (κ2) is 6.14. The minimum Gasteiger partial charge on any atom is -0.367 e. The third-order valence-electron chi connectivity index (χ3n) is 3.16. The van der Waals surface area contributed by atoms with E-state index in [0.29, 0.717) is 0 Å². The molecule has 19 heavy (non-hydrogen) atoms. The van der Waals surface area contributed by atoms with Crippen molar-refractivity contribution in [2.24, 2.45) is 7.05 Å². The molecule has 2 heterocycles. The molecule has 2 amide bonds. The Morgan fingerprint density at radius 3 is 3.21 bits per heavy atom. The van der Waals surface area contributed by atoms with Gasteiger partial charge in [0.15, 0.2) is 0 Å². The summed E-state index contributed by atoms with van der Waals surface area (Å²) in [6.45, 7) is 2.05. The molecule has 2 N–H and O–H groups in total. The van der Waals surface area contributed by atoms with Gasteiger partial charge in [0.05, 0.1) is 18.4 Å². The van der Waals surface area contributed by atoms with Gasteiger partial charge in [-0.3, -0.25) is 4.68 Å². The lowest BCUT2D eigenvalue weighted by molar-refractivity contribution is 0.236. The number of hydrogen-bond donors (Lipinski definition) is 2. The van der Waals surface area contributed by atoms with Crippen molar-refractivity contribution in [2.75, 3.05) is 24.5 Å². The number of nitrogens with one attached hydrogen (secondary N) is 2. The van der Waals surface area contributed by atoms with Crippen LogP contribution in [0.5, 0.6) is 0 Å². The highest BCUT2D eigenvalue weighted by Crippen LogP contribution is 2.18. The summed E-state index contributed by atoms with van der Waals surface area (Å²) in [4.78, 5) is 13.8. The maximum absolute atomic E-state index is 11.6. The van der Waals surface area contributed by atoms with Gasteiger partial charge in [0, 0.05) is 32.4 Å². The second-order valence-electron chi connectivity index (χ2n) is 4.69. The first-order valence-corrected chi connectivity index (χ1v) is 6.40. The number of anilines is 1. The molecule has 1 aromatic rings. The molecule has 2 rings (SSSR count). The molecule has 6 nitrogen and oxygen atoms in total. The highest BCUT2D eigenvalue weighted by atomic mass is 16.2. The molecule has 1 aromatic heterocycles. The number of urea groups is 1.